The van der Waals surface area contributed by atoms with E-state index in [1.807, 2.05) is 31.2 Å². The van der Waals surface area contributed by atoms with Gasteiger partial charge < -0.3 is 14.8 Å². The summed E-state index contributed by atoms with van der Waals surface area (Å²) in [6.45, 7) is 2.17. The lowest BCUT2D eigenvalue weighted by Crippen LogP contribution is -2.13. The molecule has 6 heteroatoms. The van der Waals surface area contributed by atoms with Crippen LogP contribution in [0.25, 0.3) is 0 Å². The molecule has 0 aliphatic carbocycles. The quantitative estimate of drug-likeness (QED) is 0.713. The monoisotopic (exact) mass is 397 g/mol. The summed E-state index contributed by atoms with van der Waals surface area (Å²) in [6, 6.07) is 10.6. The smallest absolute Gasteiger partial charge is 0.260 e. The van der Waals surface area contributed by atoms with Crippen LogP contribution in [0, 0.1) is 5.82 Å². The van der Waals surface area contributed by atoms with E-state index in [0.717, 1.165) is 27.7 Å². The normalized spacial score (nSPS) is 10.3. The van der Waals surface area contributed by atoms with Crippen LogP contribution in [-0.2, 0) is 17.8 Å². The van der Waals surface area contributed by atoms with Crippen LogP contribution in [0.1, 0.15) is 18.1 Å². The average molecular weight is 398 g/mol. The van der Waals surface area contributed by atoms with Crippen molar-refractivity contribution in [2.45, 2.75) is 20.0 Å². The average Bonchev–Trinajstić information content (AvgIpc) is 2.55. The van der Waals surface area contributed by atoms with Crippen molar-refractivity contribution in [3.05, 3.63) is 57.8 Å². The first-order valence-electron chi connectivity index (χ1n) is 7.08. The zero-order valence-electron chi connectivity index (χ0n) is 12.9. The fraction of sp³-hybridized carbons (Fsp3) is 0.235. The standard InChI is InChI=1S/C17H17BrFNO2S/c1-3-11-7-8-16(14(19)9-11)22-10-12-13(18)5-4-6-15(12)20-17(23)21-2/h4-9H,3,10H2,1-2H3,(H,20,23). The Morgan fingerprint density at radius 1 is 1.30 bits per heavy atom. The van der Waals surface area contributed by atoms with Crippen LogP contribution < -0.4 is 10.1 Å². The number of nitrogens with one attached hydrogen (secondary N) is 1. The number of aryl methyl sites for hydroxylation is 1. The fourth-order valence-corrected chi connectivity index (χ4v) is 2.61. The highest BCUT2D eigenvalue weighted by atomic mass is 79.9. The molecule has 0 aliphatic rings. The Morgan fingerprint density at radius 2 is 2.09 bits per heavy atom. The Balaban J connectivity index is 2.18. The molecule has 3 nitrogen and oxygen atoms in total. The second-order valence-corrected chi connectivity index (χ2v) is 6.01. The summed E-state index contributed by atoms with van der Waals surface area (Å²) >= 11 is 8.49. The van der Waals surface area contributed by atoms with E-state index >= 15 is 0 Å². The van der Waals surface area contributed by atoms with E-state index in [2.05, 4.69) is 21.2 Å². The molecule has 0 saturated heterocycles. The second-order valence-electron chi connectivity index (χ2n) is 4.79. The number of hydrogen-bond donors (Lipinski definition) is 1. The molecule has 0 aromatic heterocycles. The summed E-state index contributed by atoms with van der Waals surface area (Å²) in [5, 5.41) is 3.23. The number of benzene rings is 2. The van der Waals surface area contributed by atoms with Gasteiger partial charge in [0.05, 0.1) is 7.11 Å². The van der Waals surface area contributed by atoms with Crippen LogP contribution in [0.2, 0.25) is 0 Å². The van der Waals surface area contributed by atoms with E-state index in [9.17, 15) is 4.39 Å². The van der Waals surface area contributed by atoms with Crippen molar-refractivity contribution in [2.24, 2.45) is 0 Å². The summed E-state index contributed by atoms with van der Waals surface area (Å²) in [5.74, 6) is -0.142. The number of methoxy groups -OCH3 is 1. The highest BCUT2D eigenvalue weighted by molar-refractivity contribution is 9.10. The highest BCUT2D eigenvalue weighted by Crippen LogP contribution is 2.28. The predicted molar refractivity (Wildman–Crippen MR) is 97.5 cm³/mol. The molecule has 0 amide bonds. The van der Waals surface area contributed by atoms with E-state index < -0.39 is 0 Å². The van der Waals surface area contributed by atoms with Crippen molar-refractivity contribution < 1.29 is 13.9 Å². The molecule has 0 spiro atoms. The molecule has 0 radical (unpaired) electrons. The van der Waals surface area contributed by atoms with Gasteiger partial charge in [-0.2, -0.15) is 0 Å². The molecule has 0 fully saturated rings. The second kappa shape index (κ2) is 8.26. The van der Waals surface area contributed by atoms with Crippen LogP contribution >= 0.6 is 28.1 Å². The summed E-state index contributed by atoms with van der Waals surface area (Å²) in [6.07, 6.45) is 0.782. The Morgan fingerprint density at radius 3 is 2.74 bits per heavy atom. The molecular weight excluding hydrogens is 381 g/mol. The van der Waals surface area contributed by atoms with Gasteiger partial charge in [0.2, 0.25) is 0 Å². The summed E-state index contributed by atoms with van der Waals surface area (Å²) < 4.78 is 25.4. The first-order chi connectivity index (χ1) is 11.0. The minimum atomic E-state index is -0.363. The Bertz CT molecular complexity index is 709. The minimum Gasteiger partial charge on any atom is -0.486 e. The first kappa shape index (κ1) is 17.7. The van der Waals surface area contributed by atoms with Crippen molar-refractivity contribution in [1.82, 2.24) is 0 Å². The largest absolute Gasteiger partial charge is 0.486 e. The zero-order chi connectivity index (χ0) is 16.8. The van der Waals surface area contributed by atoms with Crippen molar-refractivity contribution >= 4 is 39.0 Å². The maximum atomic E-state index is 14.0. The van der Waals surface area contributed by atoms with Gasteiger partial charge in [-0.3, -0.25) is 0 Å². The maximum absolute atomic E-state index is 14.0. The third-order valence-electron chi connectivity index (χ3n) is 3.32. The number of halogens is 2. The lowest BCUT2D eigenvalue weighted by Gasteiger charge is -2.15. The fourth-order valence-electron chi connectivity index (χ4n) is 2.01. The molecule has 0 bridgehead atoms. The van der Waals surface area contributed by atoms with Crippen LogP contribution in [0.4, 0.5) is 10.1 Å². The van der Waals surface area contributed by atoms with Crippen molar-refractivity contribution in [1.29, 1.82) is 0 Å². The third-order valence-corrected chi connectivity index (χ3v) is 4.33. The van der Waals surface area contributed by atoms with E-state index in [-0.39, 0.29) is 23.3 Å². The highest BCUT2D eigenvalue weighted by Gasteiger charge is 2.11. The molecule has 2 aromatic rings. The van der Waals surface area contributed by atoms with Crippen LogP contribution in [0.15, 0.2) is 40.9 Å². The molecule has 0 unspecified atom stereocenters. The Kier molecular flexibility index (Phi) is 6.36. The molecule has 0 heterocycles. The van der Waals surface area contributed by atoms with E-state index in [0.29, 0.717) is 0 Å². The molecule has 2 rings (SSSR count). The minimum absolute atomic E-state index is 0.193. The van der Waals surface area contributed by atoms with E-state index in [4.69, 9.17) is 21.7 Å². The lowest BCUT2D eigenvalue weighted by molar-refractivity contribution is 0.290. The molecular formula is C17H17BrFNO2S. The molecule has 0 atom stereocenters. The number of thiocarbonyl (C=S) groups is 1. The SMILES string of the molecule is CCc1ccc(OCc2c(Br)cccc2NC(=S)OC)c(F)c1. The first-order valence-corrected chi connectivity index (χ1v) is 8.28. The van der Waals surface area contributed by atoms with Gasteiger partial charge in [-0.05, 0) is 48.5 Å². The summed E-state index contributed by atoms with van der Waals surface area (Å²) in [5.41, 5.74) is 2.51. The van der Waals surface area contributed by atoms with Gasteiger partial charge >= 0.3 is 0 Å². The molecule has 0 aliphatic heterocycles. The lowest BCUT2D eigenvalue weighted by atomic mass is 10.1. The molecule has 1 N–H and O–H groups in total. The number of anilines is 1. The topological polar surface area (TPSA) is 30.5 Å². The van der Waals surface area contributed by atoms with E-state index in [1.165, 1.54) is 13.2 Å². The maximum Gasteiger partial charge on any atom is 0.260 e. The van der Waals surface area contributed by atoms with Crippen LogP contribution in [0.3, 0.4) is 0 Å². The number of rotatable bonds is 5. The van der Waals surface area contributed by atoms with Crippen molar-refractivity contribution in [3.8, 4) is 5.75 Å². The van der Waals surface area contributed by atoms with Crippen molar-refractivity contribution in [3.63, 3.8) is 0 Å². The summed E-state index contributed by atoms with van der Waals surface area (Å²) in [4.78, 5) is 0. The number of ether oxygens (including phenoxy) is 2. The van der Waals surface area contributed by atoms with Gasteiger partial charge in [-0.1, -0.05) is 35.0 Å². The van der Waals surface area contributed by atoms with Gasteiger partial charge in [0, 0.05) is 15.7 Å². The van der Waals surface area contributed by atoms with Gasteiger partial charge in [0.1, 0.15) is 6.61 Å². The molecule has 0 saturated carbocycles. The molecule has 122 valence electrons. The van der Waals surface area contributed by atoms with Gasteiger partial charge in [-0.15, -0.1) is 0 Å². The van der Waals surface area contributed by atoms with Crippen LogP contribution in [0.5, 0.6) is 5.75 Å². The van der Waals surface area contributed by atoms with Crippen LogP contribution in [-0.4, -0.2) is 12.3 Å². The Labute approximate surface area is 148 Å². The third kappa shape index (κ3) is 4.65. The van der Waals surface area contributed by atoms with Gasteiger partial charge in [0.25, 0.3) is 5.17 Å². The number of hydrogen-bond acceptors (Lipinski definition) is 3. The van der Waals surface area contributed by atoms with Gasteiger partial charge in [-0.25, -0.2) is 4.39 Å². The zero-order valence-corrected chi connectivity index (χ0v) is 15.3. The van der Waals surface area contributed by atoms with Crippen molar-refractivity contribution in [2.75, 3.05) is 12.4 Å². The molecule has 2 aromatic carbocycles. The molecule has 23 heavy (non-hydrogen) atoms. The van der Waals surface area contributed by atoms with Gasteiger partial charge in [0.15, 0.2) is 11.6 Å². The van der Waals surface area contributed by atoms with E-state index in [1.54, 1.807) is 6.07 Å². The summed E-state index contributed by atoms with van der Waals surface area (Å²) in [7, 11) is 1.49. The Hall–Kier alpha value is -1.66. The predicted octanol–water partition coefficient (Wildman–Crippen LogP) is 5.07.